The van der Waals surface area contributed by atoms with Gasteiger partial charge in [-0.15, -0.1) is 0 Å². The van der Waals surface area contributed by atoms with E-state index in [0.717, 1.165) is 45.2 Å². The Hall–Kier alpha value is -1.10. The van der Waals surface area contributed by atoms with Crippen LogP contribution < -0.4 is 10.6 Å². The van der Waals surface area contributed by atoms with Crippen LogP contribution in [-0.2, 0) is 9.59 Å². The Balaban J connectivity index is 1.88. The van der Waals surface area contributed by atoms with Crippen LogP contribution >= 0.6 is 0 Å². The SMILES string of the molecule is CCC(C)C(=O)N1CCCC(C(=O)NC2CCCNC2C)C1. The van der Waals surface area contributed by atoms with E-state index in [-0.39, 0.29) is 29.7 Å². The highest BCUT2D eigenvalue weighted by Gasteiger charge is 2.32. The first-order chi connectivity index (χ1) is 10.5. The van der Waals surface area contributed by atoms with Gasteiger partial charge in [-0.05, 0) is 45.6 Å². The summed E-state index contributed by atoms with van der Waals surface area (Å²) >= 11 is 0. The van der Waals surface area contributed by atoms with Gasteiger partial charge in [0.1, 0.15) is 0 Å². The number of carbonyl (C=O) groups excluding carboxylic acids is 2. The number of amides is 2. The molecule has 2 fully saturated rings. The molecular weight excluding hydrogens is 278 g/mol. The number of nitrogens with zero attached hydrogens (tertiary/aromatic N) is 1. The van der Waals surface area contributed by atoms with Crippen LogP contribution in [0.25, 0.3) is 0 Å². The van der Waals surface area contributed by atoms with Crippen molar-refractivity contribution in [2.45, 2.75) is 65.0 Å². The molecule has 2 aliphatic rings. The highest BCUT2D eigenvalue weighted by atomic mass is 16.2. The first-order valence-electron chi connectivity index (χ1n) is 8.85. The number of rotatable bonds is 4. The van der Waals surface area contributed by atoms with Crippen molar-refractivity contribution in [3.05, 3.63) is 0 Å². The molecule has 0 aromatic heterocycles. The lowest BCUT2D eigenvalue weighted by Gasteiger charge is -2.36. The highest BCUT2D eigenvalue weighted by molar-refractivity contribution is 5.82. The van der Waals surface area contributed by atoms with Gasteiger partial charge < -0.3 is 15.5 Å². The molecule has 2 aliphatic heterocycles. The van der Waals surface area contributed by atoms with E-state index in [0.29, 0.717) is 12.6 Å². The molecule has 4 unspecified atom stereocenters. The van der Waals surface area contributed by atoms with E-state index >= 15 is 0 Å². The van der Waals surface area contributed by atoms with Gasteiger partial charge in [0.2, 0.25) is 11.8 Å². The second-order valence-electron chi connectivity index (χ2n) is 6.93. The molecule has 2 rings (SSSR count). The Morgan fingerprint density at radius 2 is 2.09 bits per heavy atom. The van der Waals surface area contributed by atoms with Crippen LogP contribution in [0.5, 0.6) is 0 Å². The normalized spacial score (nSPS) is 30.7. The minimum atomic E-state index is -0.0455. The Bertz CT molecular complexity index is 399. The topological polar surface area (TPSA) is 61.4 Å². The molecule has 126 valence electrons. The average Bonchev–Trinajstić information content (AvgIpc) is 2.55. The second kappa shape index (κ2) is 7.95. The van der Waals surface area contributed by atoms with Gasteiger partial charge in [-0.2, -0.15) is 0 Å². The Morgan fingerprint density at radius 3 is 2.77 bits per heavy atom. The summed E-state index contributed by atoms with van der Waals surface area (Å²) in [6.07, 6.45) is 4.83. The maximum absolute atomic E-state index is 12.5. The lowest BCUT2D eigenvalue weighted by atomic mass is 9.93. The number of piperidine rings is 2. The molecule has 5 heteroatoms. The van der Waals surface area contributed by atoms with Gasteiger partial charge in [-0.1, -0.05) is 13.8 Å². The van der Waals surface area contributed by atoms with E-state index in [1.165, 1.54) is 0 Å². The van der Waals surface area contributed by atoms with Crippen LogP contribution in [0.3, 0.4) is 0 Å². The van der Waals surface area contributed by atoms with Gasteiger partial charge in [-0.3, -0.25) is 9.59 Å². The van der Waals surface area contributed by atoms with Crippen molar-refractivity contribution in [2.24, 2.45) is 11.8 Å². The number of carbonyl (C=O) groups is 2. The summed E-state index contributed by atoms with van der Waals surface area (Å²) in [5.74, 6) is 0.343. The van der Waals surface area contributed by atoms with Crippen LogP contribution in [0.2, 0.25) is 0 Å². The van der Waals surface area contributed by atoms with Crippen LogP contribution in [-0.4, -0.2) is 48.4 Å². The van der Waals surface area contributed by atoms with Gasteiger partial charge in [0.05, 0.1) is 5.92 Å². The monoisotopic (exact) mass is 309 g/mol. The van der Waals surface area contributed by atoms with E-state index in [2.05, 4.69) is 17.6 Å². The largest absolute Gasteiger partial charge is 0.352 e. The first kappa shape index (κ1) is 17.3. The molecule has 2 N–H and O–H groups in total. The zero-order valence-corrected chi connectivity index (χ0v) is 14.2. The lowest BCUT2D eigenvalue weighted by Crippen LogP contribution is -2.55. The van der Waals surface area contributed by atoms with Gasteiger partial charge in [0, 0.05) is 31.1 Å². The number of nitrogens with one attached hydrogen (secondary N) is 2. The summed E-state index contributed by atoms with van der Waals surface area (Å²) in [5, 5.41) is 6.61. The molecule has 0 aliphatic carbocycles. The molecule has 0 spiro atoms. The Morgan fingerprint density at radius 1 is 1.32 bits per heavy atom. The van der Waals surface area contributed by atoms with Crippen molar-refractivity contribution >= 4 is 11.8 Å². The van der Waals surface area contributed by atoms with E-state index in [1.54, 1.807) is 0 Å². The minimum absolute atomic E-state index is 0.0455. The summed E-state index contributed by atoms with van der Waals surface area (Å²) in [6, 6.07) is 0.557. The van der Waals surface area contributed by atoms with Crippen molar-refractivity contribution in [3.63, 3.8) is 0 Å². The van der Waals surface area contributed by atoms with E-state index in [9.17, 15) is 9.59 Å². The third kappa shape index (κ3) is 4.22. The molecule has 2 amide bonds. The smallest absolute Gasteiger partial charge is 0.225 e. The number of hydrogen-bond donors (Lipinski definition) is 2. The van der Waals surface area contributed by atoms with Crippen molar-refractivity contribution < 1.29 is 9.59 Å². The summed E-state index contributed by atoms with van der Waals surface area (Å²) in [4.78, 5) is 26.8. The minimum Gasteiger partial charge on any atom is -0.352 e. The van der Waals surface area contributed by atoms with Crippen molar-refractivity contribution in [1.82, 2.24) is 15.5 Å². The molecule has 22 heavy (non-hydrogen) atoms. The van der Waals surface area contributed by atoms with E-state index in [4.69, 9.17) is 0 Å². The van der Waals surface area contributed by atoms with Crippen LogP contribution in [0, 0.1) is 11.8 Å². The van der Waals surface area contributed by atoms with Gasteiger partial charge in [-0.25, -0.2) is 0 Å². The zero-order valence-electron chi connectivity index (χ0n) is 14.2. The molecule has 0 saturated carbocycles. The van der Waals surface area contributed by atoms with Crippen molar-refractivity contribution in [3.8, 4) is 0 Å². The Kier molecular flexibility index (Phi) is 6.24. The molecule has 0 aromatic rings. The summed E-state index contributed by atoms with van der Waals surface area (Å²) in [7, 11) is 0. The molecule has 0 radical (unpaired) electrons. The summed E-state index contributed by atoms with van der Waals surface area (Å²) in [6.45, 7) is 8.56. The fraction of sp³-hybridized carbons (Fsp3) is 0.882. The predicted octanol–water partition coefficient (Wildman–Crippen LogP) is 1.53. The predicted molar refractivity (Wildman–Crippen MR) is 87.4 cm³/mol. The molecule has 0 aromatic carbocycles. The van der Waals surface area contributed by atoms with Gasteiger partial charge in [0.15, 0.2) is 0 Å². The molecule has 2 heterocycles. The standard InChI is InChI=1S/C17H31N3O2/c1-4-12(2)17(22)20-10-6-7-14(11-20)16(21)19-15-8-5-9-18-13(15)3/h12-15,18H,4-11H2,1-3H3,(H,19,21). The van der Waals surface area contributed by atoms with E-state index < -0.39 is 0 Å². The summed E-state index contributed by atoms with van der Waals surface area (Å²) < 4.78 is 0. The second-order valence-corrected chi connectivity index (χ2v) is 6.93. The zero-order chi connectivity index (χ0) is 16.1. The quantitative estimate of drug-likeness (QED) is 0.828. The highest BCUT2D eigenvalue weighted by Crippen LogP contribution is 2.20. The van der Waals surface area contributed by atoms with Crippen LogP contribution in [0.1, 0.15) is 52.9 Å². The molecular formula is C17H31N3O2. The maximum Gasteiger partial charge on any atom is 0.225 e. The Labute approximate surface area is 134 Å². The lowest BCUT2D eigenvalue weighted by molar-refractivity contribution is -0.139. The van der Waals surface area contributed by atoms with Gasteiger partial charge >= 0.3 is 0 Å². The third-order valence-electron chi connectivity index (χ3n) is 5.23. The molecule has 0 bridgehead atoms. The first-order valence-corrected chi connectivity index (χ1v) is 8.85. The van der Waals surface area contributed by atoms with Crippen LogP contribution in [0.15, 0.2) is 0 Å². The van der Waals surface area contributed by atoms with Crippen LogP contribution in [0.4, 0.5) is 0 Å². The van der Waals surface area contributed by atoms with Crippen molar-refractivity contribution in [1.29, 1.82) is 0 Å². The third-order valence-corrected chi connectivity index (χ3v) is 5.23. The van der Waals surface area contributed by atoms with Gasteiger partial charge in [0.25, 0.3) is 0 Å². The maximum atomic E-state index is 12.5. The number of hydrogen-bond acceptors (Lipinski definition) is 3. The van der Waals surface area contributed by atoms with Crippen molar-refractivity contribution in [2.75, 3.05) is 19.6 Å². The average molecular weight is 309 g/mol. The summed E-state index contributed by atoms with van der Waals surface area (Å²) in [5.41, 5.74) is 0. The number of likely N-dealkylation sites (tertiary alicyclic amines) is 1. The van der Waals surface area contributed by atoms with E-state index in [1.807, 2.05) is 18.7 Å². The fourth-order valence-corrected chi connectivity index (χ4v) is 3.42. The molecule has 5 nitrogen and oxygen atoms in total. The molecule has 4 atom stereocenters. The fourth-order valence-electron chi connectivity index (χ4n) is 3.42. The molecule has 2 saturated heterocycles.